The monoisotopic (exact) mass is 254 g/mol. The van der Waals surface area contributed by atoms with Gasteiger partial charge in [0.2, 0.25) is 5.91 Å². The number of nitrogens with zero attached hydrogens (tertiary/aromatic N) is 1. The molecule has 1 aromatic heterocycles. The molecular formula is C11H15FN4O2. The average Bonchev–Trinajstić information content (AvgIpc) is 2.38. The zero-order chi connectivity index (χ0) is 13.5. The zero-order valence-corrected chi connectivity index (χ0v) is 10.2. The molecule has 0 unspecified atom stereocenters. The minimum atomic E-state index is -0.711. The summed E-state index contributed by atoms with van der Waals surface area (Å²) in [5.74, 6) is -1.47. The normalized spacial score (nSPS) is 9.72. The molecule has 18 heavy (non-hydrogen) atoms. The third-order valence-corrected chi connectivity index (χ3v) is 2.29. The number of aromatic nitrogens is 1. The molecule has 0 radical (unpaired) electrons. The van der Waals surface area contributed by atoms with Gasteiger partial charge >= 0.3 is 0 Å². The van der Waals surface area contributed by atoms with E-state index in [1.54, 1.807) is 0 Å². The van der Waals surface area contributed by atoms with Gasteiger partial charge in [0.05, 0.1) is 5.56 Å². The van der Waals surface area contributed by atoms with Crippen molar-refractivity contribution in [1.29, 1.82) is 0 Å². The summed E-state index contributed by atoms with van der Waals surface area (Å²) in [5, 5.41) is 7.43. The molecule has 0 aliphatic rings. The molecule has 2 amide bonds. The summed E-state index contributed by atoms with van der Waals surface area (Å²) in [6.07, 6.45) is 1.48. The maximum atomic E-state index is 13.7. The van der Waals surface area contributed by atoms with Crippen LogP contribution in [-0.4, -0.2) is 37.4 Å². The van der Waals surface area contributed by atoms with E-state index in [9.17, 15) is 14.0 Å². The lowest BCUT2D eigenvalue weighted by Crippen LogP contribution is -2.29. The van der Waals surface area contributed by atoms with Gasteiger partial charge in [0.25, 0.3) is 5.91 Å². The molecule has 98 valence electrons. The summed E-state index contributed by atoms with van der Waals surface area (Å²) < 4.78 is 13.7. The molecule has 0 fully saturated rings. The van der Waals surface area contributed by atoms with E-state index >= 15 is 0 Å². The van der Waals surface area contributed by atoms with Crippen molar-refractivity contribution in [2.24, 2.45) is 0 Å². The first-order valence-corrected chi connectivity index (χ1v) is 5.41. The summed E-state index contributed by atoms with van der Waals surface area (Å²) in [7, 11) is 3.02. The van der Waals surface area contributed by atoms with Crippen LogP contribution in [0.1, 0.15) is 16.8 Å². The van der Waals surface area contributed by atoms with E-state index in [0.717, 1.165) is 0 Å². The van der Waals surface area contributed by atoms with Crippen molar-refractivity contribution in [2.45, 2.75) is 6.42 Å². The van der Waals surface area contributed by atoms with E-state index in [2.05, 4.69) is 20.9 Å². The molecule has 0 aliphatic heterocycles. The summed E-state index contributed by atoms with van der Waals surface area (Å²) >= 11 is 0. The third kappa shape index (κ3) is 3.41. The maximum absolute atomic E-state index is 13.7. The lowest BCUT2D eigenvalue weighted by molar-refractivity contribution is -0.120. The predicted octanol–water partition coefficient (Wildman–Crippen LogP) is 0.128. The number of hydrogen-bond donors (Lipinski definition) is 3. The van der Waals surface area contributed by atoms with E-state index in [1.807, 2.05) is 0 Å². The molecule has 1 heterocycles. The molecule has 3 N–H and O–H groups in total. The lowest BCUT2D eigenvalue weighted by Gasteiger charge is -2.07. The van der Waals surface area contributed by atoms with E-state index < -0.39 is 11.7 Å². The fourth-order valence-corrected chi connectivity index (χ4v) is 1.30. The summed E-state index contributed by atoms with van der Waals surface area (Å²) in [6.45, 7) is 0.148. The largest absolute Gasteiger partial charge is 0.371 e. The van der Waals surface area contributed by atoms with E-state index in [0.29, 0.717) is 0 Å². The van der Waals surface area contributed by atoms with Gasteiger partial charge in [-0.1, -0.05) is 0 Å². The fourth-order valence-electron chi connectivity index (χ4n) is 1.30. The van der Waals surface area contributed by atoms with Crippen molar-refractivity contribution in [2.75, 3.05) is 26.0 Å². The van der Waals surface area contributed by atoms with Gasteiger partial charge < -0.3 is 16.0 Å². The average molecular weight is 254 g/mol. The van der Waals surface area contributed by atoms with Gasteiger partial charge in [-0.05, 0) is 6.07 Å². The van der Waals surface area contributed by atoms with Crippen LogP contribution in [0.3, 0.4) is 0 Å². The Bertz CT molecular complexity index is 451. The molecule has 7 heteroatoms. The van der Waals surface area contributed by atoms with Crippen molar-refractivity contribution in [1.82, 2.24) is 15.6 Å². The van der Waals surface area contributed by atoms with Crippen molar-refractivity contribution >= 4 is 17.6 Å². The molecular weight excluding hydrogens is 239 g/mol. The highest BCUT2D eigenvalue weighted by molar-refractivity contribution is 5.95. The second-order valence-corrected chi connectivity index (χ2v) is 3.45. The molecule has 0 saturated heterocycles. The first kappa shape index (κ1) is 13.9. The Kier molecular flexibility index (Phi) is 5.04. The number of nitrogens with one attached hydrogen (secondary N) is 3. The Morgan fingerprint density at radius 3 is 2.72 bits per heavy atom. The van der Waals surface area contributed by atoms with Gasteiger partial charge in [-0.25, -0.2) is 9.37 Å². The molecule has 0 aromatic carbocycles. The predicted molar refractivity (Wildman–Crippen MR) is 64.8 cm³/mol. The van der Waals surface area contributed by atoms with Gasteiger partial charge in [0.1, 0.15) is 0 Å². The smallest absolute Gasteiger partial charge is 0.254 e. The van der Waals surface area contributed by atoms with E-state index in [-0.39, 0.29) is 30.3 Å². The standard InChI is InChI=1S/C11H15FN4O2/c1-13-8(17)4-6-16-11(18)7-3-5-15-10(14-2)9(7)12/h3,5H,4,6H2,1-2H3,(H,13,17)(H,14,15)(H,16,18). The van der Waals surface area contributed by atoms with Crippen LogP contribution in [-0.2, 0) is 4.79 Å². The molecule has 0 saturated carbocycles. The van der Waals surface area contributed by atoms with E-state index in [1.165, 1.54) is 26.4 Å². The van der Waals surface area contributed by atoms with Crippen molar-refractivity contribution in [3.63, 3.8) is 0 Å². The maximum Gasteiger partial charge on any atom is 0.254 e. The van der Waals surface area contributed by atoms with Crippen molar-refractivity contribution in [3.8, 4) is 0 Å². The van der Waals surface area contributed by atoms with Crippen LogP contribution in [0.4, 0.5) is 10.2 Å². The first-order valence-electron chi connectivity index (χ1n) is 5.41. The highest BCUT2D eigenvalue weighted by Crippen LogP contribution is 2.13. The topological polar surface area (TPSA) is 83.1 Å². The van der Waals surface area contributed by atoms with Crippen LogP contribution in [0.2, 0.25) is 0 Å². The number of amides is 2. The minimum absolute atomic E-state index is 0.00829. The number of carbonyl (C=O) groups excluding carboxylic acids is 2. The Hall–Kier alpha value is -2.18. The SMILES string of the molecule is CNC(=O)CCNC(=O)c1ccnc(NC)c1F. The Labute approximate surface area is 104 Å². The summed E-state index contributed by atoms with van der Waals surface area (Å²) in [4.78, 5) is 26.3. The highest BCUT2D eigenvalue weighted by atomic mass is 19.1. The number of halogens is 1. The van der Waals surface area contributed by atoms with Crippen LogP contribution in [0.5, 0.6) is 0 Å². The van der Waals surface area contributed by atoms with E-state index in [4.69, 9.17) is 0 Å². The molecule has 1 aromatic rings. The van der Waals surface area contributed by atoms with Crippen molar-refractivity contribution in [3.05, 3.63) is 23.6 Å². The second kappa shape index (κ2) is 6.53. The summed E-state index contributed by atoms with van der Waals surface area (Å²) in [6, 6.07) is 1.28. The molecule has 0 aliphatic carbocycles. The Morgan fingerprint density at radius 2 is 2.11 bits per heavy atom. The number of carbonyl (C=O) groups is 2. The second-order valence-electron chi connectivity index (χ2n) is 3.45. The van der Waals surface area contributed by atoms with Crippen LogP contribution < -0.4 is 16.0 Å². The van der Waals surface area contributed by atoms with Crippen LogP contribution in [0.15, 0.2) is 12.3 Å². The number of anilines is 1. The Morgan fingerprint density at radius 1 is 1.39 bits per heavy atom. The van der Waals surface area contributed by atoms with Crippen LogP contribution >= 0.6 is 0 Å². The number of hydrogen-bond acceptors (Lipinski definition) is 4. The third-order valence-electron chi connectivity index (χ3n) is 2.29. The number of pyridine rings is 1. The molecule has 0 atom stereocenters. The number of rotatable bonds is 5. The molecule has 6 nitrogen and oxygen atoms in total. The summed E-state index contributed by atoms with van der Waals surface area (Å²) in [5.41, 5.74) is -0.105. The van der Waals surface area contributed by atoms with Gasteiger partial charge in [0, 0.05) is 33.3 Å². The highest BCUT2D eigenvalue weighted by Gasteiger charge is 2.15. The van der Waals surface area contributed by atoms with Gasteiger partial charge in [0.15, 0.2) is 11.6 Å². The van der Waals surface area contributed by atoms with Gasteiger partial charge in [-0.3, -0.25) is 9.59 Å². The first-order chi connectivity index (χ1) is 8.60. The molecule has 0 spiro atoms. The molecule has 0 bridgehead atoms. The molecule has 1 rings (SSSR count). The minimum Gasteiger partial charge on any atom is -0.371 e. The van der Waals surface area contributed by atoms with Crippen LogP contribution in [0, 0.1) is 5.82 Å². The van der Waals surface area contributed by atoms with Gasteiger partial charge in [-0.2, -0.15) is 0 Å². The lowest BCUT2D eigenvalue weighted by atomic mass is 10.2. The van der Waals surface area contributed by atoms with Crippen LogP contribution in [0.25, 0.3) is 0 Å². The Balaban J connectivity index is 2.64. The zero-order valence-electron chi connectivity index (χ0n) is 10.2. The van der Waals surface area contributed by atoms with Crippen molar-refractivity contribution < 1.29 is 14.0 Å². The van der Waals surface area contributed by atoms with Gasteiger partial charge in [-0.15, -0.1) is 0 Å². The quantitative estimate of drug-likeness (QED) is 0.697. The fraction of sp³-hybridized carbons (Fsp3) is 0.364.